The number of carbonyl (C=O) groups is 1. The van der Waals surface area contributed by atoms with Crippen molar-refractivity contribution < 1.29 is 9.90 Å². The summed E-state index contributed by atoms with van der Waals surface area (Å²) in [5, 5.41) is 9.51. The van der Waals surface area contributed by atoms with E-state index in [2.05, 4.69) is 18.8 Å². The Bertz CT molecular complexity index is 535. The number of hydrogen-bond acceptors (Lipinski definition) is 3. The Balaban J connectivity index is 2.92. The van der Waals surface area contributed by atoms with Gasteiger partial charge in [0.15, 0.2) is 0 Å². The van der Waals surface area contributed by atoms with E-state index in [1.807, 2.05) is 0 Å². The standard InChI is InChI=1S/C16H21ClN2O2/c1-2-3-9-19(10-11-20)16(21)14-7-6-13(5-4-8-18)15(17)12-14/h6-7,12,20H,2-3,8-11,18H2,1H3. The van der Waals surface area contributed by atoms with Crippen LogP contribution in [-0.2, 0) is 0 Å². The molecule has 0 aliphatic rings. The maximum Gasteiger partial charge on any atom is 0.253 e. The summed E-state index contributed by atoms with van der Waals surface area (Å²) in [6, 6.07) is 5.03. The first kappa shape index (κ1) is 17.5. The molecule has 1 aromatic carbocycles. The molecule has 0 aromatic heterocycles. The second-order valence-corrected chi connectivity index (χ2v) is 4.98. The van der Waals surface area contributed by atoms with E-state index in [1.165, 1.54) is 0 Å². The summed E-state index contributed by atoms with van der Waals surface area (Å²) >= 11 is 6.13. The van der Waals surface area contributed by atoms with E-state index < -0.39 is 0 Å². The van der Waals surface area contributed by atoms with Crippen molar-refractivity contribution in [1.82, 2.24) is 4.90 Å². The average Bonchev–Trinajstić information content (AvgIpc) is 2.49. The molecule has 0 unspecified atom stereocenters. The number of aliphatic hydroxyl groups excluding tert-OH is 1. The Kier molecular flexibility index (Phi) is 7.84. The van der Waals surface area contributed by atoms with Gasteiger partial charge in [-0.2, -0.15) is 0 Å². The van der Waals surface area contributed by atoms with Crippen LogP contribution in [0.15, 0.2) is 18.2 Å². The van der Waals surface area contributed by atoms with Crippen molar-refractivity contribution in [2.75, 3.05) is 26.2 Å². The van der Waals surface area contributed by atoms with Gasteiger partial charge in [-0.1, -0.05) is 36.8 Å². The highest BCUT2D eigenvalue weighted by Crippen LogP contribution is 2.18. The number of hydrogen-bond donors (Lipinski definition) is 2. The van der Waals surface area contributed by atoms with Gasteiger partial charge >= 0.3 is 0 Å². The molecule has 0 saturated heterocycles. The number of benzene rings is 1. The van der Waals surface area contributed by atoms with E-state index in [0.29, 0.717) is 29.2 Å². The largest absolute Gasteiger partial charge is 0.395 e. The predicted molar refractivity (Wildman–Crippen MR) is 85.3 cm³/mol. The lowest BCUT2D eigenvalue weighted by atomic mass is 10.1. The first-order valence-corrected chi connectivity index (χ1v) is 7.40. The van der Waals surface area contributed by atoms with Crippen LogP contribution in [0.5, 0.6) is 0 Å². The number of halogens is 1. The molecule has 1 amide bonds. The van der Waals surface area contributed by atoms with Crippen molar-refractivity contribution >= 4 is 17.5 Å². The molecular formula is C16H21ClN2O2. The monoisotopic (exact) mass is 308 g/mol. The van der Waals surface area contributed by atoms with E-state index in [-0.39, 0.29) is 19.1 Å². The topological polar surface area (TPSA) is 66.6 Å². The summed E-state index contributed by atoms with van der Waals surface area (Å²) in [7, 11) is 0. The molecule has 21 heavy (non-hydrogen) atoms. The molecule has 3 N–H and O–H groups in total. The van der Waals surface area contributed by atoms with Gasteiger partial charge in [-0.15, -0.1) is 0 Å². The summed E-state index contributed by atoms with van der Waals surface area (Å²) < 4.78 is 0. The van der Waals surface area contributed by atoms with Crippen molar-refractivity contribution in [1.29, 1.82) is 0 Å². The molecule has 0 saturated carbocycles. The summed E-state index contributed by atoms with van der Waals surface area (Å²) in [6.07, 6.45) is 1.89. The quantitative estimate of drug-likeness (QED) is 0.789. The Hall–Kier alpha value is -1.54. The van der Waals surface area contributed by atoms with E-state index in [4.69, 9.17) is 22.4 Å². The lowest BCUT2D eigenvalue weighted by molar-refractivity contribution is 0.0719. The minimum Gasteiger partial charge on any atom is -0.395 e. The maximum absolute atomic E-state index is 12.4. The maximum atomic E-state index is 12.4. The van der Waals surface area contributed by atoms with Gasteiger partial charge in [-0.25, -0.2) is 0 Å². The Morgan fingerprint density at radius 2 is 2.19 bits per heavy atom. The van der Waals surface area contributed by atoms with Crippen molar-refractivity contribution in [3.63, 3.8) is 0 Å². The van der Waals surface area contributed by atoms with Gasteiger partial charge in [-0.3, -0.25) is 4.79 Å². The van der Waals surface area contributed by atoms with Crippen molar-refractivity contribution in [3.05, 3.63) is 34.3 Å². The SMILES string of the molecule is CCCCN(CCO)C(=O)c1ccc(C#CCN)c(Cl)c1. The molecule has 0 fully saturated rings. The van der Waals surface area contributed by atoms with Crippen molar-refractivity contribution in [3.8, 4) is 11.8 Å². The molecule has 0 heterocycles. The van der Waals surface area contributed by atoms with Crippen LogP contribution in [-0.4, -0.2) is 42.2 Å². The predicted octanol–water partition coefficient (Wildman–Crippen LogP) is 1.88. The van der Waals surface area contributed by atoms with Crippen LogP contribution in [0.4, 0.5) is 0 Å². The van der Waals surface area contributed by atoms with E-state index in [1.54, 1.807) is 23.1 Å². The zero-order valence-electron chi connectivity index (χ0n) is 12.2. The number of nitrogens with zero attached hydrogens (tertiary/aromatic N) is 1. The first-order valence-electron chi connectivity index (χ1n) is 7.02. The molecule has 0 aliphatic heterocycles. The van der Waals surface area contributed by atoms with Crippen LogP contribution in [0, 0.1) is 11.8 Å². The minimum absolute atomic E-state index is 0.0523. The molecule has 0 spiro atoms. The zero-order valence-corrected chi connectivity index (χ0v) is 13.0. The van der Waals surface area contributed by atoms with Crippen LogP contribution < -0.4 is 5.73 Å². The molecule has 0 atom stereocenters. The summed E-state index contributed by atoms with van der Waals surface area (Å²) in [6.45, 7) is 3.22. The normalized spacial score (nSPS) is 9.90. The second kappa shape index (κ2) is 9.41. The smallest absolute Gasteiger partial charge is 0.253 e. The van der Waals surface area contributed by atoms with Gasteiger partial charge in [0.05, 0.1) is 18.2 Å². The third-order valence-corrected chi connectivity index (χ3v) is 3.29. The fourth-order valence-electron chi connectivity index (χ4n) is 1.86. The summed E-state index contributed by atoms with van der Waals surface area (Å²) in [5.74, 6) is 5.46. The van der Waals surface area contributed by atoms with E-state index >= 15 is 0 Å². The van der Waals surface area contributed by atoms with Gasteiger partial charge < -0.3 is 15.7 Å². The van der Waals surface area contributed by atoms with Crippen molar-refractivity contribution in [2.24, 2.45) is 5.73 Å². The number of carbonyl (C=O) groups excluding carboxylic acids is 1. The molecule has 1 aromatic rings. The lowest BCUT2D eigenvalue weighted by Gasteiger charge is -2.21. The number of amides is 1. The first-order chi connectivity index (χ1) is 10.1. The Labute approximate surface area is 130 Å². The third-order valence-electron chi connectivity index (χ3n) is 2.98. The van der Waals surface area contributed by atoms with Crippen molar-refractivity contribution in [2.45, 2.75) is 19.8 Å². The van der Waals surface area contributed by atoms with Crippen LogP contribution in [0.3, 0.4) is 0 Å². The molecule has 114 valence electrons. The average molecular weight is 309 g/mol. The number of unbranched alkanes of at least 4 members (excludes halogenated alkanes) is 1. The number of rotatable bonds is 6. The van der Waals surface area contributed by atoms with Gasteiger partial charge in [0.25, 0.3) is 5.91 Å². The molecule has 0 aliphatic carbocycles. The van der Waals surface area contributed by atoms with Crippen LogP contribution in [0.1, 0.15) is 35.7 Å². The molecule has 5 heteroatoms. The van der Waals surface area contributed by atoms with Gasteiger partial charge in [0.2, 0.25) is 0 Å². The van der Waals surface area contributed by atoms with Gasteiger partial charge in [-0.05, 0) is 24.6 Å². The Morgan fingerprint density at radius 1 is 1.43 bits per heavy atom. The van der Waals surface area contributed by atoms with Gasteiger partial charge in [0.1, 0.15) is 0 Å². The van der Waals surface area contributed by atoms with Crippen LogP contribution >= 0.6 is 11.6 Å². The second-order valence-electron chi connectivity index (χ2n) is 4.57. The molecular weight excluding hydrogens is 288 g/mol. The van der Waals surface area contributed by atoms with E-state index in [0.717, 1.165) is 12.8 Å². The summed E-state index contributed by atoms with van der Waals surface area (Å²) in [4.78, 5) is 14.1. The minimum atomic E-state index is -0.127. The summed E-state index contributed by atoms with van der Waals surface area (Å²) in [5.41, 5.74) is 6.48. The number of aliphatic hydroxyl groups is 1. The lowest BCUT2D eigenvalue weighted by Crippen LogP contribution is -2.34. The highest BCUT2D eigenvalue weighted by atomic mass is 35.5. The van der Waals surface area contributed by atoms with Gasteiger partial charge in [0, 0.05) is 24.2 Å². The highest BCUT2D eigenvalue weighted by molar-refractivity contribution is 6.32. The fourth-order valence-corrected chi connectivity index (χ4v) is 2.09. The molecule has 0 bridgehead atoms. The fraction of sp³-hybridized carbons (Fsp3) is 0.438. The van der Waals surface area contributed by atoms with Crippen LogP contribution in [0.2, 0.25) is 5.02 Å². The van der Waals surface area contributed by atoms with Crippen LogP contribution in [0.25, 0.3) is 0 Å². The molecule has 0 radical (unpaired) electrons. The highest BCUT2D eigenvalue weighted by Gasteiger charge is 2.15. The third kappa shape index (κ3) is 5.39. The zero-order chi connectivity index (χ0) is 15.7. The number of nitrogens with two attached hydrogens (primary N) is 1. The van der Waals surface area contributed by atoms with E-state index in [9.17, 15) is 4.79 Å². The Morgan fingerprint density at radius 3 is 2.76 bits per heavy atom. The molecule has 1 rings (SSSR count). The molecule has 4 nitrogen and oxygen atoms in total.